The summed E-state index contributed by atoms with van der Waals surface area (Å²) in [7, 11) is 0. The zero-order valence-corrected chi connectivity index (χ0v) is 17.2. The highest BCUT2D eigenvalue weighted by Crippen LogP contribution is 2.63. The van der Waals surface area contributed by atoms with Gasteiger partial charge >= 0.3 is 11.9 Å². The maximum atomic E-state index is 13.2. The largest absolute Gasteiger partial charge is 0.481 e. The van der Waals surface area contributed by atoms with Crippen LogP contribution in [-0.2, 0) is 23.9 Å². The van der Waals surface area contributed by atoms with Gasteiger partial charge < -0.3 is 9.84 Å². The van der Waals surface area contributed by atoms with Crippen LogP contribution in [-0.4, -0.2) is 34.7 Å². The second kappa shape index (κ2) is 7.06. The Morgan fingerprint density at radius 3 is 2.48 bits per heavy atom. The van der Waals surface area contributed by atoms with Crippen molar-refractivity contribution in [1.29, 1.82) is 0 Å². The van der Waals surface area contributed by atoms with Gasteiger partial charge in [0.05, 0.1) is 12.8 Å². The fourth-order valence-electron chi connectivity index (χ4n) is 6.70. The molecule has 1 N–H and O–H groups in total. The second-order valence-electron chi connectivity index (χ2n) is 9.89. The van der Waals surface area contributed by atoms with Crippen molar-refractivity contribution in [2.45, 2.75) is 77.7 Å². The molecule has 6 atom stereocenters. The summed E-state index contributed by atoms with van der Waals surface area (Å²) in [4.78, 5) is 48.2. The Morgan fingerprint density at radius 1 is 1.07 bits per heavy atom. The molecule has 0 bridgehead atoms. The van der Waals surface area contributed by atoms with Crippen molar-refractivity contribution in [3.8, 4) is 0 Å². The number of fused-ring (bicyclic) bond motifs is 5. The molecule has 6 nitrogen and oxygen atoms in total. The van der Waals surface area contributed by atoms with E-state index >= 15 is 0 Å². The molecular formula is C23H30O6. The molecular weight excluding hydrogens is 372 g/mol. The summed E-state index contributed by atoms with van der Waals surface area (Å²) in [6.45, 7) is 4.30. The number of hydrogen-bond donors (Lipinski definition) is 1. The van der Waals surface area contributed by atoms with E-state index in [9.17, 15) is 19.2 Å². The standard InChI is InChI=1S/C23H30O6/c1-22-9-7-14(29-20(28)6-5-19(26)27)11-13(22)12-17(24)21-15-3-4-18(25)23(15,2)10-8-16(21)22/h12,14-16,21H,3-11H2,1-2H3,(H,26,27)/t14-,15-,16-,21-,22-,23-/m0/s1. The van der Waals surface area contributed by atoms with Crippen LogP contribution in [0, 0.1) is 28.6 Å². The normalized spacial score (nSPS) is 41.1. The molecule has 158 valence electrons. The molecule has 0 aromatic rings. The Morgan fingerprint density at radius 2 is 1.76 bits per heavy atom. The third kappa shape index (κ3) is 3.24. The summed E-state index contributed by atoms with van der Waals surface area (Å²) in [5.74, 6) is -0.690. The first kappa shape index (κ1) is 20.3. The number of Topliss-reactive ketones (excluding diaryl/α,β-unsaturated/α-hetero) is 1. The first-order valence-corrected chi connectivity index (χ1v) is 10.8. The van der Waals surface area contributed by atoms with Crippen LogP contribution in [0.15, 0.2) is 11.6 Å². The van der Waals surface area contributed by atoms with E-state index in [0.717, 1.165) is 37.7 Å². The van der Waals surface area contributed by atoms with Crippen LogP contribution in [0.2, 0.25) is 0 Å². The highest BCUT2D eigenvalue weighted by Gasteiger charge is 2.61. The molecule has 0 spiro atoms. The van der Waals surface area contributed by atoms with Crippen molar-refractivity contribution in [2.24, 2.45) is 28.6 Å². The first-order valence-electron chi connectivity index (χ1n) is 10.8. The zero-order valence-electron chi connectivity index (χ0n) is 17.2. The van der Waals surface area contributed by atoms with Crippen LogP contribution < -0.4 is 0 Å². The molecule has 6 heteroatoms. The van der Waals surface area contributed by atoms with Crippen molar-refractivity contribution >= 4 is 23.5 Å². The average Bonchev–Trinajstić information content (AvgIpc) is 2.96. The third-order valence-electron chi connectivity index (χ3n) is 8.45. The fourth-order valence-corrected chi connectivity index (χ4v) is 6.70. The monoisotopic (exact) mass is 402 g/mol. The van der Waals surface area contributed by atoms with Crippen LogP contribution in [0.1, 0.15) is 71.6 Å². The molecule has 29 heavy (non-hydrogen) atoms. The van der Waals surface area contributed by atoms with Gasteiger partial charge in [0.15, 0.2) is 5.78 Å². The summed E-state index contributed by atoms with van der Waals surface area (Å²) < 4.78 is 5.51. The molecule has 4 aliphatic rings. The molecule has 0 saturated heterocycles. The maximum absolute atomic E-state index is 13.2. The molecule has 4 aliphatic carbocycles. The minimum atomic E-state index is -1.01. The van der Waals surface area contributed by atoms with Crippen molar-refractivity contribution < 1.29 is 29.0 Å². The van der Waals surface area contributed by atoms with Crippen LogP contribution in [0.3, 0.4) is 0 Å². The first-order chi connectivity index (χ1) is 13.6. The Labute approximate surface area is 171 Å². The maximum Gasteiger partial charge on any atom is 0.306 e. The van der Waals surface area contributed by atoms with E-state index in [1.807, 2.05) is 0 Å². The number of carboxylic acids is 1. The summed E-state index contributed by atoms with van der Waals surface area (Å²) in [5.41, 5.74) is 0.643. The molecule has 3 fully saturated rings. The van der Waals surface area contributed by atoms with Gasteiger partial charge in [-0.25, -0.2) is 0 Å². The van der Waals surface area contributed by atoms with E-state index in [1.165, 1.54) is 0 Å². The Kier molecular flexibility index (Phi) is 4.94. The SMILES string of the molecule is C[C@]12CC[C@H](OC(=O)CCC(=O)O)CC1=CC(=O)[C@@H]1[C@@H]2CC[C@]2(C)C(=O)CC[C@@H]12. The molecule has 0 unspecified atom stereocenters. The van der Waals surface area contributed by atoms with Crippen molar-refractivity contribution in [1.82, 2.24) is 0 Å². The van der Waals surface area contributed by atoms with Crippen molar-refractivity contribution in [2.75, 3.05) is 0 Å². The number of ether oxygens (including phenoxy) is 1. The number of rotatable bonds is 4. The van der Waals surface area contributed by atoms with E-state index in [4.69, 9.17) is 9.84 Å². The third-order valence-corrected chi connectivity index (χ3v) is 8.45. The Bertz CT molecular complexity index is 797. The quantitative estimate of drug-likeness (QED) is 0.723. The average molecular weight is 402 g/mol. The summed E-state index contributed by atoms with van der Waals surface area (Å²) in [5, 5.41) is 8.72. The van der Waals surface area contributed by atoms with Crippen molar-refractivity contribution in [3.05, 3.63) is 11.6 Å². The van der Waals surface area contributed by atoms with Gasteiger partial charge in [-0.05, 0) is 55.4 Å². The number of carbonyl (C=O) groups is 4. The van der Waals surface area contributed by atoms with E-state index in [1.54, 1.807) is 6.08 Å². The van der Waals surface area contributed by atoms with Gasteiger partial charge in [-0.15, -0.1) is 0 Å². The molecule has 0 heterocycles. The second-order valence-corrected chi connectivity index (χ2v) is 9.89. The van der Waals surface area contributed by atoms with E-state index in [-0.39, 0.29) is 53.3 Å². The lowest BCUT2D eigenvalue weighted by molar-refractivity contribution is -0.154. The van der Waals surface area contributed by atoms with Gasteiger partial charge in [0.2, 0.25) is 0 Å². The fraction of sp³-hybridized carbons (Fsp3) is 0.739. The lowest BCUT2D eigenvalue weighted by Crippen LogP contribution is -2.53. The summed E-state index contributed by atoms with van der Waals surface area (Å²) >= 11 is 0. The van der Waals surface area contributed by atoms with Gasteiger partial charge in [-0.2, -0.15) is 0 Å². The molecule has 4 rings (SSSR count). The Balaban J connectivity index is 1.52. The van der Waals surface area contributed by atoms with E-state index in [0.29, 0.717) is 18.6 Å². The molecule has 3 saturated carbocycles. The molecule has 0 aliphatic heterocycles. The van der Waals surface area contributed by atoms with Gasteiger partial charge in [0.1, 0.15) is 11.9 Å². The topological polar surface area (TPSA) is 97.7 Å². The molecule has 0 aromatic carbocycles. The Hall–Kier alpha value is -1.98. The van der Waals surface area contributed by atoms with Crippen LogP contribution in [0.4, 0.5) is 0 Å². The smallest absolute Gasteiger partial charge is 0.306 e. The number of carboxylic acid groups (broad SMARTS) is 1. The van der Waals surface area contributed by atoms with Gasteiger partial charge in [-0.1, -0.05) is 19.4 Å². The van der Waals surface area contributed by atoms with Gasteiger partial charge in [0.25, 0.3) is 0 Å². The highest BCUT2D eigenvalue weighted by atomic mass is 16.5. The van der Waals surface area contributed by atoms with Crippen LogP contribution >= 0.6 is 0 Å². The molecule has 0 radical (unpaired) electrons. The predicted molar refractivity (Wildman–Crippen MR) is 104 cm³/mol. The highest BCUT2D eigenvalue weighted by molar-refractivity contribution is 5.96. The number of aliphatic carboxylic acids is 1. The summed E-state index contributed by atoms with van der Waals surface area (Å²) in [6, 6.07) is 0. The zero-order chi connectivity index (χ0) is 21.0. The molecule has 0 aromatic heterocycles. The molecule has 0 amide bonds. The van der Waals surface area contributed by atoms with E-state index in [2.05, 4.69) is 13.8 Å². The number of hydrogen-bond acceptors (Lipinski definition) is 5. The minimum absolute atomic E-state index is 0.0661. The van der Waals surface area contributed by atoms with Gasteiger partial charge in [0, 0.05) is 24.2 Å². The van der Waals surface area contributed by atoms with Gasteiger partial charge in [-0.3, -0.25) is 19.2 Å². The van der Waals surface area contributed by atoms with Crippen LogP contribution in [0.5, 0.6) is 0 Å². The van der Waals surface area contributed by atoms with Crippen molar-refractivity contribution in [3.63, 3.8) is 0 Å². The number of esters is 1. The predicted octanol–water partition coefficient (Wildman–Crippen LogP) is 3.47. The number of carbonyl (C=O) groups excluding carboxylic acids is 3. The minimum Gasteiger partial charge on any atom is -0.481 e. The van der Waals surface area contributed by atoms with Crippen LogP contribution in [0.25, 0.3) is 0 Å². The summed E-state index contributed by atoms with van der Waals surface area (Å²) in [6.07, 6.45) is 6.44. The lowest BCUT2D eigenvalue weighted by atomic mass is 9.48. The van der Waals surface area contributed by atoms with E-state index < -0.39 is 11.9 Å². The number of ketones is 2. The lowest BCUT2D eigenvalue weighted by Gasteiger charge is -2.56. The number of allylic oxidation sites excluding steroid dienone is 1.